The van der Waals surface area contributed by atoms with Crippen LogP contribution in [0, 0.1) is 6.92 Å². The SMILES string of the molecule is CCc1nnc2nc(-c3ccc(NC(C)=O)c(C)c3)cn2c1CC. The fourth-order valence-corrected chi connectivity index (χ4v) is 2.88. The Bertz CT molecular complexity index is 913. The van der Waals surface area contributed by atoms with E-state index in [0.29, 0.717) is 5.78 Å². The lowest BCUT2D eigenvalue weighted by Gasteiger charge is -2.07. The van der Waals surface area contributed by atoms with Crippen molar-refractivity contribution in [1.29, 1.82) is 0 Å². The maximum atomic E-state index is 11.2. The van der Waals surface area contributed by atoms with Gasteiger partial charge in [-0.1, -0.05) is 19.9 Å². The summed E-state index contributed by atoms with van der Waals surface area (Å²) in [5.74, 6) is 0.538. The first kappa shape index (κ1) is 16.1. The molecular weight excluding hydrogens is 302 g/mol. The van der Waals surface area contributed by atoms with E-state index in [4.69, 9.17) is 0 Å². The van der Waals surface area contributed by atoms with Crippen LogP contribution in [0.2, 0.25) is 0 Å². The number of amides is 1. The molecule has 0 aliphatic rings. The standard InChI is InChI=1S/C18H21N5O/c1-5-14-17(6-2)23-10-16(20-18(23)22-21-14)13-7-8-15(11(3)9-13)19-12(4)24/h7-10H,5-6H2,1-4H3,(H,19,24). The minimum Gasteiger partial charge on any atom is -0.326 e. The molecule has 124 valence electrons. The zero-order valence-corrected chi connectivity index (χ0v) is 14.4. The van der Waals surface area contributed by atoms with Crippen LogP contribution >= 0.6 is 0 Å². The van der Waals surface area contributed by atoms with Gasteiger partial charge in [0.25, 0.3) is 5.78 Å². The van der Waals surface area contributed by atoms with Gasteiger partial charge in [-0.2, -0.15) is 5.10 Å². The molecular formula is C18H21N5O. The normalized spacial score (nSPS) is 11.0. The quantitative estimate of drug-likeness (QED) is 0.800. The summed E-state index contributed by atoms with van der Waals surface area (Å²) in [7, 11) is 0. The highest BCUT2D eigenvalue weighted by atomic mass is 16.1. The van der Waals surface area contributed by atoms with E-state index in [9.17, 15) is 4.79 Å². The number of aromatic nitrogens is 4. The highest BCUT2D eigenvalue weighted by Gasteiger charge is 2.12. The van der Waals surface area contributed by atoms with Crippen LogP contribution in [-0.2, 0) is 17.6 Å². The van der Waals surface area contributed by atoms with Gasteiger partial charge in [-0.15, -0.1) is 5.10 Å². The molecule has 0 fully saturated rings. The second-order valence-electron chi connectivity index (χ2n) is 5.81. The van der Waals surface area contributed by atoms with Gasteiger partial charge in [0.2, 0.25) is 5.91 Å². The predicted molar refractivity (Wildman–Crippen MR) is 94.0 cm³/mol. The second kappa shape index (κ2) is 6.39. The molecule has 1 aromatic carbocycles. The zero-order chi connectivity index (χ0) is 17.3. The lowest BCUT2D eigenvalue weighted by atomic mass is 10.1. The third-order valence-electron chi connectivity index (χ3n) is 4.07. The van der Waals surface area contributed by atoms with Crippen molar-refractivity contribution in [2.75, 3.05) is 5.32 Å². The van der Waals surface area contributed by atoms with Crippen LogP contribution in [0.5, 0.6) is 0 Å². The highest BCUT2D eigenvalue weighted by Crippen LogP contribution is 2.25. The Morgan fingerprint density at radius 1 is 1.21 bits per heavy atom. The summed E-state index contributed by atoms with van der Waals surface area (Å²) in [5, 5.41) is 11.3. The molecule has 0 bridgehead atoms. The molecule has 6 heteroatoms. The smallest absolute Gasteiger partial charge is 0.254 e. The molecule has 0 aliphatic heterocycles. The highest BCUT2D eigenvalue weighted by molar-refractivity contribution is 5.90. The van der Waals surface area contributed by atoms with Gasteiger partial charge in [0, 0.05) is 30.1 Å². The van der Waals surface area contributed by atoms with E-state index in [1.165, 1.54) is 6.92 Å². The van der Waals surface area contributed by atoms with E-state index in [0.717, 1.165) is 46.7 Å². The molecule has 6 nitrogen and oxygen atoms in total. The number of carbonyl (C=O) groups excluding carboxylic acids is 1. The van der Waals surface area contributed by atoms with E-state index in [2.05, 4.69) is 34.3 Å². The van der Waals surface area contributed by atoms with E-state index < -0.39 is 0 Å². The van der Waals surface area contributed by atoms with Gasteiger partial charge in [-0.05, 0) is 37.5 Å². The number of benzene rings is 1. The molecule has 2 aromatic heterocycles. The van der Waals surface area contributed by atoms with Crippen molar-refractivity contribution < 1.29 is 4.79 Å². The van der Waals surface area contributed by atoms with Gasteiger partial charge in [-0.3, -0.25) is 9.20 Å². The van der Waals surface area contributed by atoms with Crippen molar-refractivity contribution >= 4 is 17.4 Å². The number of nitrogens with zero attached hydrogens (tertiary/aromatic N) is 4. The van der Waals surface area contributed by atoms with Crippen molar-refractivity contribution in [2.45, 2.75) is 40.5 Å². The summed E-state index contributed by atoms with van der Waals surface area (Å²) in [5.41, 5.74) is 5.81. The third kappa shape index (κ3) is 2.87. The lowest BCUT2D eigenvalue weighted by Crippen LogP contribution is -2.06. The van der Waals surface area contributed by atoms with Crippen molar-refractivity contribution in [3.8, 4) is 11.3 Å². The Morgan fingerprint density at radius 3 is 2.62 bits per heavy atom. The molecule has 0 unspecified atom stereocenters. The molecule has 1 amide bonds. The van der Waals surface area contributed by atoms with Gasteiger partial charge in [0.05, 0.1) is 11.4 Å². The Labute approximate surface area is 141 Å². The number of hydrogen-bond donors (Lipinski definition) is 1. The molecule has 0 aliphatic carbocycles. The lowest BCUT2D eigenvalue weighted by molar-refractivity contribution is -0.114. The first-order valence-electron chi connectivity index (χ1n) is 8.15. The predicted octanol–water partition coefficient (Wildman–Crippen LogP) is 3.18. The summed E-state index contributed by atoms with van der Waals surface area (Å²) >= 11 is 0. The molecule has 3 aromatic rings. The molecule has 0 saturated carbocycles. The van der Waals surface area contributed by atoms with Crippen LogP contribution in [0.3, 0.4) is 0 Å². The van der Waals surface area contributed by atoms with Crippen molar-refractivity contribution in [3.05, 3.63) is 41.3 Å². The Hall–Kier alpha value is -2.76. The molecule has 0 atom stereocenters. The number of aryl methyl sites for hydroxylation is 3. The van der Waals surface area contributed by atoms with E-state index >= 15 is 0 Å². The number of imidazole rings is 1. The Morgan fingerprint density at radius 2 is 2.00 bits per heavy atom. The summed E-state index contributed by atoms with van der Waals surface area (Å²) in [6.45, 7) is 7.67. The largest absolute Gasteiger partial charge is 0.326 e. The number of fused-ring (bicyclic) bond motifs is 1. The summed E-state index contributed by atoms with van der Waals surface area (Å²) in [4.78, 5) is 15.8. The number of rotatable bonds is 4. The molecule has 0 saturated heterocycles. The van der Waals surface area contributed by atoms with Crippen LogP contribution in [-0.4, -0.2) is 25.5 Å². The minimum atomic E-state index is -0.0754. The van der Waals surface area contributed by atoms with Crippen molar-refractivity contribution in [2.24, 2.45) is 0 Å². The second-order valence-corrected chi connectivity index (χ2v) is 5.81. The fraction of sp³-hybridized carbons (Fsp3) is 0.333. The topological polar surface area (TPSA) is 72.2 Å². The molecule has 0 spiro atoms. The van der Waals surface area contributed by atoms with Crippen LogP contribution in [0.4, 0.5) is 5.69 Å². The van der Waals surface area contributed by atoms with E-state index in [1.807, 2.05) is 35.7 Å². The molecule has 3 rings (SSSR count). The van der Waals surface area contributed by atoms with Crippen LogP contribution in [0.15, 0.2) is 24.4 Å². The van der Waals surface area contributed by atoms with Crippen molar-refractivity contribution in [3.63, 3.8) is 0 Å². The van der Waals surface area contributed by atoms with Crippen LogP contribution in [0.1, 0.15) is 37.7 Å². The maximum absolute atomic E-state index is 11.2. The first-order valence-corrected chi connectivity index (χ1v) is 8.15. The summed E-state index contributed by atoms with van der Waals surface area (Å²) < 4.78 is 2.03. The van der Waals surface area contributed by atoms with Gasteiger partial charge >= 0.3 is 0 Å². The Kier molecular flexibility index (Phi) is 4.29. The van der Waals surface area contributed by atoms with Gasteiger partial charge in [0.15, 0.2) is 0 Å². The average Bonchev–Trinajstić information content (AvgIpc) is 2.99. The maximum Gasteiger partial charge on any atom is 0.254 e. The van der Waals surface area contributed by atoms with Gasteiger partial charge in [-0.25, -0.2) is 4.98 Å². The van der Waals surface area contributed by atoms with E-state index in [1.54, 1.807) is 0 Å². The molecule has 24 heavy (non-hydrogen) atoms. The number of carbonyl (C=O) groups is 1. The van der Waals surface area contributed by atoms with Crippen molar-refractivity contribution in [1.82, 2.24) is 19.6 Å². The first-order chi connectivity index (χ1) is 11.5. The monoisotopic (exact) mass is 323 g/mol. The van der Waals surface area contributed by atoms with Gasteiger partial charge < -0.3 is 5.32 Å². The summed E-state index contributed by atoms with van der Waals surface area (Å²) in [6, 6.07) is 5.88. The molecule has 1 N–H and O–H groups in total. The number of anilines is 1. The number of nitrogens with one attached hydrogen (secondary N) is 1. The summed E-state index contributed by atoms with van der Waals surface area (Å²) in [6.07, 6.45) is 3.74. The zero-order valence-electron chi connectivity index (χ0n) is 14.4. The van der Waals surface area contributed by atoms with Gasteiger partial charge in [0.1, 0.15) is 0 Å². The van der Waals surface area contributed by atoms with Crippen LogP contribution < -0.4 is 5.32 Å². The van der Waals surface area contributed by atoms with E-state index in [-0.39, 0.29) is 5.91 Å². The fourth-order valence-electron chi connectivity index (χ4n) is 2.88. The number of hydrogen-bond acceptors (Lipinski definition) is 4. The molecule has 2 heterocycles. The molecule has 0 radical (unpaired) electrons. The average molecular weight is 323 g/mol. The third-order valence-corrected chi connectivity index (χ3v) is 4.07. The minimum absolute atomic E-state index is 0.0754. The van der Waals surface area contributed by atoms with Crippen LogP contribution in [0.25, 0.3) is 17.0 Å². The Balaban J connectivity index is 2.07.